The van der Waals surface area contributed by atoms with Crippen molar-refractivity contribution in [2.45, 2.75) is 20.3 Å². The van der Waals surface area contributed by atoms with Gasteiger partial charge in [-0.3, -0.25) is 4.79 Å². The number of methoxy groups -OCH3 is 1. The summed E-state index contributed by atoms with van der Waals surface area (Å²) in [7, 11) is 1.64. The summed E-state index contributed by atoms with van der Waals surface area (Å²) in [6.45, 7) is 6.70. The highest BCUT2D eigenvalue weighted by Gasteiger charge is 2.22. The van der Waals surface area contributed by atoms with Gasteiger partial charge in [-0.2, -0.15) is 0 Å². The lowest BCUT2D eigenvalue weighted by atomic mass is 10.1. The number of aryl methyl sites for hydroxylation is 2. The lowest BCUT2D eigenvalue weighted by molar-refractivity contribution is -0.130. The van der Waals surface area contributed by atoms with E-state index in [4.69, 9.17) is 4.74 Å². The molecule has 1 amide bonds. The number of carbonyl (C=O) groups excluding carboxylic acids is 1. The van der Waals surface area contributed by atoms with Crippen LogP contribution in [0.25, 0.3) is 0 Å². The summed E-state index contributed by atoms with van der Waals surface area (Å²) < 4.78 is 5.18. The van der Waals surface area contributed by atoms with Crippen LogP contribution in [0.2, 0.25) is 0 Å². The predicted molar refractivity (Wildman–Crippen MR) is 125 cm³/mol. The van der Waals surface area contributed by atoms with E-state index in [-0.39, 0.29) is 5.91 Å². The number of hydrogen-bond acceptors (Lipinski definition) is 7. The first kappa shape index (κ1) is 21.5. The number of rotatable bonds is 6. The van der Waals surface area contributed by atoms with Gasteiger partial charge in [0, 0.05) is 38.4 Å². The third kappa shape index (κ3) is 5.32. The van der Waals surface area contributed by atoms with Crippen molar-refractivity contribution in [2.24, 2.45) is 0 Å². The standard InChI is InChI=1S/C24H28N6O2/c1-17-8-9-25-21(14-17)28-22-16-23(27-18(2)26-22)29-10-12-30(13-11-29)24(31)15-19-4-6-20(32-3)7-5-19/h4-9,14,16H,10-13,15H2,1-3H3,(H,25,26,27,28). The van der Waals surface area contributed by atoms with Crippen LogP contribution < -0.4 is 15.0 Å². The number of ether oxygens (including phenoxy) is 1. The monoisotopic (exact) mass is 432 g/mol. The van der Waals surface area contributed by atoms with Gasteiger partial charge in [0.15, 0.2) is 0 Å². The Hall–Kier alpha value is -3.68. The number of pyridine rings is 1. The van der Waals surface area contributed by atoms with Gasteiger partial charge in [0.2, 0.25) is 5.91 Å². The van der Waals surface area contributed by atoms with Crippen LogP contribution >= 0.6 is 0 Å². The first-order valence-electron chi connectivity index (χ1n) is 10.7. The molecule has 0 atom stereocenters. The van der Waals surface area contributed by atoms with Crippen molar-refractivity contribution in [1.82, 2.24) is 19.9 Å². The number of piperazine rings is 1. The zero-order chi connectivity index (χ0) is 22.5. The number of anilines is 3. The minimum Gasteiger partial charge on any atom is -0.497 e. The van der Waals surface area contributed by atoms with E-state index in [0.29, 0.717) is 31.2 Å². The molecular weight excluding hydrogens is 404 g/mol. The van der Waals surface area contributed by atoms with Gasteiger partial charge >= 0.3 is 0 Å². The minimum absolute atomic E-state index is 0.140. The molecule has 1 N–H and O–H groups in total. The normalized spacial score (nSPS) is 13.7. The van der Waals surface area contributed by atoms with Crippen LogP contribution in [-0.4, -0.2) is 59.0 Å². The number of carbonyl (C=O) groups is 1. The van der Waals surface area contributed by atoms with Crippen LogP contribution in [0.5, 0.6) is 5.75 Å². The molecule has 8 heteroatoms. The van der Waals surface area contributed by atoms with Crippen molar-refractivity contribution >= 4 is 23.4 Å². The zero-order valence-corrected chi connectivity index (χ0v) is 18.7. The molecule has 1 aliphatic heterocycles. The molecule has 4 rings (SSSR count). The van der Waals surface area contributed by atoms with E-state index in [9.17, 15) is 4.79 Å². The molecule has 1 aromatic carbocycles. The van der Waals surface area contributed by atoms with E-state index in [0.717, 1.165) is 41.6 Å². The quantitative estimate of drug-likeness (QED) is 0.641. The van der Waals surface area contributed by atoms with Crippen molar-refractivity contribution in [3.05, 3.63) is 65.6 Å². The second kappa shape index (κ2) is 9.64. The molecule has 3 aromatic rings. The highest BCUT2D eigenvalue weighted by molar-refractivity contribution is 5.79. The van der Waals surface area contributed by atoms with Crippen LogP contribution in [0.4, 0.5) is 17.5 Å². The number of aromatic nitrogens is 3. The smallest absolute Gasteiger partial charge is 0.227 e. The van der Waals surface area contributed by atoms with Crippen molar-refractivity contribution in [2.75, 3.05) is 43.5 Å². The number of benzene rings is 1. The molecule has 0 bridgehead atoms. The molecule has 0 aliphatic carbocycles. The first-order chi connectivity index (χ1) is 15.5. The molecular formula is C24H28N6O2. The fourth-order valence-electron chi connectivity index (χ4n) is 3.73. The van der Waals surface area contributed by atoms with Crippen molar-refractivity contribution < 1.29 is 9.53 Å². The van der Waals surface area contributed by atoms with Gasteiger partial charge in [0.25, 0.3) is 0 Å². The molecule has 8 nitrogen and oxygen atoms in total. The highest BCUT2D eigenvalue weighted by atomic mass is 16.5. The Morgan fingerprint density at radius 1 is 1.00 bits per heavy atom. The second-order valence-corrected chi connectivity index (χ2v) is 7.89. The molecule has 3 heterocycles. The Labute approximate surface area is 188 Å². The number of nitrogens with one attached hydrogen (secondary N) is 1. The molecule has 0 spiro atoms. The van der Waals surface area contributed by atoms with Crippen molar-refractivity contribution in [3.63, 3.8) is 0 Å². The van der Waals surface area contributed by atoms with Crippen LogP contribution in [0, 0.1) is 13.8 Å². The lowest BCUT2D eigenvalue weighted by Crippen LogP contribution is -2.49. The number of hydrogen-bond donors (Lipinski definition) is 1. The maximum atomic E-state index is 12.7. The molecule has 0 saturated carbocycles. The molecule has 1 saturated heterocycles. The molecule has 1 aliphatic rings. The average Bonchev–Trinajstić information content (AvgIpc) is 2.79. The number of nitrogens with zero attached hydrogens (tertiary/aromatic N) is 5. The maximum Gasteiger partial charge on any atom is 0.227 e. The Morgan fingerprint density at radius 3 is 2.44 bits per heavy atom. The van der Waals surface area contributed by atoms with Gasteiger partial charge in [0.05, 0.1) is 13.5 Å². The topological polar surface area (TPSA) is 83.5 Å². The molecule has 1 fully saturated rings. The summed E-state index contributed by atoms with van der Waals surface area (Å²) >= 11 is 0. The summed E-state index contributed by atoms with van der Waals surface area (Å²) in [5.74, 6) is 3.95. The Balaban J connectivity index is 1.37. The third-order valence-corrected chi connectivity index (χ3v) is 5.47. The first-order valence-corrected chi connectivity index (χ1v) is 10.7. The van der Waals surface area contributed by atoms with Crippen LogP contribution in [0.3, 0.4) is 0 Å². The fraction of sp³-hybridized carbons (Fsp3) is 0.333. The van der Waals surface area contributed by atoms with Crippen molar-refractivity contribution in [3.8, 4) is 5.75 Å². The summed E-state index contributed by atoms with van der Waals surface area (Å²) in [5.41, 5.74) is 2.12. The van der Waals surface area contributed by atoms with Gasteiger partial charge in [0.1, 0.15) is 29.0 Å². The largest absolute Gasteiger partial charge is 0.497 e. The van der Waals surface area contributed by atoms with E-state index < -0.39 is 0 Å². The van der Waals surface area contributed by atoms with Gasteiger partial charge < -0.3 is 19.9 Å². The lowest BCUT2D eigenvalue weighted by Gasteiger charge is -2.35. The molecule has 0 unspecified atom stereocenters. The highest BCUT2D eigenvalue weighted by Crippen LogP contribution is 2.21. The van der Waals surface area contributed by atoms with E-state index in [1.807, 2.05) is 61.2 Å². The summed E-state index contributed by atoms with van der Waals surface area (Å²) in [6.07, 6.45) is 2.17. The SMILES string of the molecule is COc1ccc(CC(=O)N2CCN(c3cc(Nc4cc(C)ccn4)nc(C)n3)CC2)cc1. The molecule has 0 radical (unpaired) electrons. The molecule has 32 heavy (non-hydrogen) atoms. The maximum absolute atomic E-state index is 12.7. The van der Waals surface area contributed by atoms with E-state index in [1.54, 1.807) is 13.3 Å². The van der Waals surface area contributed by atoms with Gasteiger partial charge in [-0.15, -0.1) is 0 Å². The summed E-state index contributed by atoms with van der Waals surface area (Å²) in [6, 6.07) is 13.5. The van der Waals surface area contributed by atoms with E-state index >= 15 is 0 Å². The van der Waals surface area contributed by atoms with Crippen LogP contribution in [-0.2, 0) is 11.2 Å². The van der Waals surface area contributed by atoms with Gasteiger partial charge in [-0.05, 0) is 49.2 Å². The minimum atomic E-state index is 0.140. The van der Waals surface area contributed by atoms with Crippen molar-refractivity contribution in [1.29, 1.82) is 0 Å². The third-order valence-electron chi connectivity index (χ3n) is 5.47. The average molecular weight is 433 g/mol. The number of amides is 1. The summed E-state index contributed by atoms with van der Waals surface area (Å²) in [5, 5.41) is 3.27. The predicted octanol–water partition coefficient (Wildman–Crippen LogP) is 3.13. The second-order valence-electron chi connectivity index (χ2n) is 7.89. The van der Waals surface area contributed by atoms with E-state index in [2.05, 4.69) is 25.2 Å². The molecule has 2 aromatic heterocycles. The Bertz CT molecular complexity index is 1080. The van der Waals surface area contributed by atoms with Crippen LogP contribution in [0.15, 0.2) is 48.7 Å². The molecule has 166 valence electrons. The van der Waals surface area contributed by atoms with Gasteiger partial charge in [-0.1, -0.05) is 12.1 Å². The van der Waals surface area contributed by atoms with Crippen LogP contribution in [0.1, 0.15) is 17.0 Å². The Morgan fingerprint density at radius 2 is 1.75 bits per heavy atom. The zero-order valence-electron chi connectivity index (χ0n) is 18.7. The van der Waals surface area contributed by atoms with Gasteiger partial charge in [-0.25, -0.2) is 15.0 Å². The Kier molecular flexibility index (Phi) is 6.49. The summed E-state index contributed by atoms with van der Waals surface area (Å²) in [4.78, 5) is 30.3. The van der Waals surface area contributed by atoms with E-state index in [1.165, 1.54) is 0 Å². The fourth-order valence-corrected chi connectivity index (χ4v) is 3.73.